The van der Waals surface area contributed by atoms with E-state index in [1.807, 2.05) is 41.8 Å². The lowest BCUT2D eigenvalue weighted by Crippen LogP contribution is -2.46. The smallest absolute Gasteiger partial charge is 0.239 e. The van der Waals surface area contributed by atoms with Gasteiger partial charge in [0.25, 0.3) is 0 Å². The van der Waals surface area contributed by atoms with Crippen molar-refractivity contribution >= 4 is 11.7 Å². The molecule has 1 amide bonds. The predicted molar refractivity (Wildman–Crippen MR) is 111 cm³/mol. The Morgan fingerprint density at radius 2 is 2.00 bits per heavy atom. The summed E-state index contributed by atoms with van der Waals surface area (Å²) in [7, 11) is 3.83. The Bertz CT molecular complexity index is 591. The summed E-state index contributed by atoms with van der Waals surface area (Å²) in [4.78, 5) is 16.1. The first-order valence-corrected chi connectivity index (χ1v) is 10.4. The zero-order valence-electron chi connectivity index (χ0n) is 18.4. The summed E-state index contributed by atoms with van der Waals surface area (Å²) in [6, 6.07) is 0. The Morgan fingerprint density at radius 3 is 2.61 bits per heavy atom. The summed E-state index contributed by atoms with van der Waals surface area (Å²) in [5, 5.41) is 11.6. The van der Waals surface area contributed by atoms with E-state index >= 15 is 0 Å². The van der Waals surface area contributed by atoms with Crippen molar-refractivity contribution in [3.63, 3.8) is 0 Å². The van der Waals surface area contributed by atoms with Crippen LogP contribution in [0.4, 0.5) is 0 Å². The van der Waals surface area contributed by atoms with Crippen LogP contribution in [-0.4, -0.2) is 66.8 Å². The molecule has 1 heterocycles. The lowest BCUT2D eigenvalue weighted by molar-refractivity contribution is -0.208. The monoisotopic (exact) mass is 394 g/mol. The van der Waals surface area contributed by atoms with E-state index in [0.717, 1.165) is 56.4 Å². The van der Waals surface area contributed by atoms with E-state index in [9.17, 15) is 4.79 Å². The molecule has 0 aromatic carbocycles. The number of nitrogens with one attached hydrogen (secondary N) is 2. The average Bonchev–Trinajstić information content (AvgIpc) is 3.08. The molecule has 2 rings (SSSR count). The van der Waals surface area contributed by atoms with Crippen molar-refractivity contribution in [1.82, 2.24) is 15.1 Å². The molecule has 0 aromatic rings. The van der Waals surface area contributed by atoms with Crippen molar-refractivity contribution < 1.29 is 14.3 Å². The molecule has 2 N–H and O–H groups in total. The van der Waals surface area contributed by atoms with Crippen molar-refractivity contribution in [2.24, 2.45) is 0 Å². The van der Waals surface area contributed by atoms with E-state index in [1.54, 1.807) is 4.90 Å². The molecule has 0 radical (unpaired) electrons. The van der Waals surface area contributed by atoms with Crippen LogP contribution in [0, 0.1) is 5.41 Å². The van der Waals surface area contributed by atoms with Crippen LogP contribution in [0.2, 0.25) is 0 Å². The van der Waals surface area contributed by atoms with Gasteiger partial charge >= 0.3 is 0 Å². The molecule has 0 bridgehead atoms. The fraction of sp³-hybridized carbons (Fsp3) is 0.810. The maximum absolute atomic E-state index is 12.2. The molecule has 0 aromatic heterocycles. The van der Waals surface area contributed by atoms with Gasteiger partial charge in [-0.3, -0.25) is 10.2 Å². The van der Waals surface area contributed by atoms with Gasteiger partial charge in [0.05, 0.1) is 6.54 Å². The van der Waals surface area contributed by atoms with E-state index in [2.05, 4.69) is 10.2 Å². The van der Waals surface area contributed by atoms with Gasteiger partial charge in [-0.05, 0) is 66.2 Å². The Hall–Kier alpha value is -1.60. The van der Waals surface area contributed by atoms with Crippen LogP contribution in [0.3, 0.4) is 0 Å². The van der Waals surface area contributed by atoms with Gasteiger partial charge in [0, 0.05) is 37.5 Å². The van der Waals surface area contributed by atoms with Gasteiger partial charge in [-0.25, -0.2) is 0 Å². The Kier molecular flexibility index (Phi) is 7.89. The highest BCUT2D eigenvalue weighted by atomic mass is 16.7. The summed E-state index contributed by atoms with van der Waals surface area (Å²) in [6.07, 6.45) is 5.73. The number of carbonyl (C=O) groups is 1. The van der Waals surface area contributed by atoms with Gasteiger partial charge in [0.15, 0.2) is 6.29 Å². The number of amidine groups is 1. The zero-order valence-corrected chi connectivity index (χ0v) is 18.4. The second kappa shape index (κ2) is 9.74. The van der Waals surface area contributed by atoms with Crippen LogP contribution in [-0.2, 0) is 14.3 Å². The van der Waals surface area contributed by atoms with Crippen LogP contribution in [0.15, 0.2) is 11.3 Å². The van der Waals surface area contributed by atoms with Gasteiger partial charge < -0.3 is 24.6 Å². The number of carbonyl (C=O) groups excluding carboxylic acids is 1. The molecule has 1 aliphatic carbocycles. The third-order valence-corrected chi connectivity index (χ3v) is 5.21. The van der Waals surface area contributed by atoms with E-state index in [0.29, 0.717) is 5.84 Å². The highest BCUT2D eigenvalue weighted by molar-refractivity contribution is 5.98. The Morgan fingerprint density at radius 1 is 1.29 bits per heavy atom. The predicted octanol–water partition coefficient (Wildman–Crippen LogP) is 3.07. The van der Waals surface area contributed by atoms with Crippen molar-refractivity contribution in [3.8, 4) is 0 Å². The molecule has 0 spiro atoms. The minimum Gasteiger partial charge on any atom is -0.353 e. The molecule has 2 aliphatic rings. The molecule has 160 valence electrons. The van der Waals surface area contributed by atoms with Gasteiger partial charge in [0.2, 0.25) is 5.91 Å². The van der Waals surface area contributed by atoms with Gasteiger partial charge in [0.1, 0.15) is 12.1 Å². The normalized spacial score (nSPS) is 21.4. The van der Waals surface area contributed by atoms with Gasteiger partial charge in [-0.15, -0.1) is 0 Å². The average molecular weight is 395 g/mol. The molecular weight excluding hydrogens is 356 g/mol. The van der Waals surface area contributed by atoms with Crippen LogP contribution >= 0.6 is 0 Å². The summed E-state index contributed by atoms with van der Waals surface area (Å²) >= 11 is 0. The number of allylic oxidation sites excluding steroid dienone is 1. The maximum Gasteiger partial charge on any atom is 0.239 e. The fourth-order valence-electron chi connectivity index (χ4n) is 3.70. The summed E-state index contributed by atoms with van der Waals surface area (Å²) in [6.45, 7) is 8.85. The maximum atomic E-state index is 12.2. The van der Waals surface area contributed by atoms with Crippen LogP contribution in [0.25, 0.3) is 0 Å². The fourth-order valence-corrected chi connectivity index (χ4v) is 3.70. The molecular formula is C21H38N4O3. The van der Waals surface area contributed by atoms with E-state index < -0.39 is 0 Å². The second-order valence-corrected chi connectivity index (χ2v) is 8.92. The number of likely N-dealkylation sites (N-methyl/N-ethyl adjacent to an activating group) is 1. The largest absolute Gasteiger partial charge is 0.353 e. The number of nitrogens with zero attached hydrogens (tertiary/aromatic N) is 2. The van der Waals surface area contributed by atoms with Crippen molar-refractivity contribution in [1.29, 1.82) is 5.41 Å². The molecule has 1 aliphatic heterocycles. The third-order valence-electron chi connectivity index (χ3n) is 5.21. The summed E-state index contributed by atoms with van der Waals surface area (Å²) in [5.41, 5.74) is 1.87. The van der Waals surface area contributed by atoms with E-state index in [4.69, 9.17) is 14.9 Å². The van der Waals surface area contributed by atoms with Crippen LogP contribution < -0.4 is 5.32 Å². The van der Waals surface area contributed by atoms with Crippen molar-refractivity contribution in [2.75, 3.05) is 27.2 Å². The molecule has 1 fully saturated rings. The number of hydrogen-bond donors (Lipinski definition) is 2. The quantitative estimate of drug-likeness (QED) is 0.394. The molecule has 1 saturated heterocycles. The van der Waals surface area contributed by atoms with E-state index in [1.165, 1.54) is 0 Å². The standard InChI is InChI=1S/C21H38N4O3/c1-15(28-19-12-7-8-13-27-19)25(6)17-11-9-10-16(17)20(22)24(5)14-18(26)23-21(2,3)4/h15,19,22H,7-14H2,1-6H3,(H,23,26). The van der Waals surface area contributed by atoms with Gasteiger partial charge in [-0.2, -0.15) is 0 Å². The number of ether oxygens (including phenoxy) is 2. The first-order chi connectivity index (χ1) is 13.1. The minimum atomic E-state index is -0.272. The lowest BCUT2D eigenvalue weighted by Gasteiger charge is -2.34. The number of amides is 1. The van der Waals surface area contributed by atoms with Gasteiger partial charge in [-0.1, -0.05) is 0 Å². The minimum absolute atomic E-state index is 0.0700. The number of hydrogen-bond acceptors (Lipinski definition) is 5. The Balaban J connectivity index is 1.99. The van der Waals surface area contributed by atoms with Crippen molar-refractivity contribution in [3.05, 3.63) is 11.3 Å². The second-order valence-electron chi connectivity index (χ2n) is 8.92. The van der Waals surface area contributed by atoms with Crippen LogP contribution in [0.5, 0.6) is 0 Å². The van der Waals surface area contributed by atoms with E-state index in [-0.39, 0.29) is 30.5 Å². The SMILES string of the molecule is CC(OC1CCCCO1)N(C)C1=C(C(=N)N(C)CC(=O)NC(C)(C)C)CCC1. The van der Waals surface area contributed by atoms with Crippen LogP contribution in [0.1, 0.15) is 66.2 Å². The Labute approximate surface area is 169 Å². The first kappa shape index (κ1) is 22.7. The highest BCUT2D eigenvalue weighted by Gasteiger charge is 2.28. The third kappa shape index (κ3) is 6.48. The zero-order chi connectivity index (χ0) is 20.9. The summed E-state index contributed by atoms with van der Waals surface area (Å²) < 4.78 is 11.8. The summed E-state index contributed by atoms with van der Waals surface area (Å²) in [5.74, 6) is 0.351. The molecule has 0 saturated carbocycles. The van der Waals surface area contributed by atoms with Crippen molar-refractivity contribution in [2.45, 2.75) is 84.3 Å². The molecule has 7 nitrogen and oxygen atoms in total. The molecule has 2 atom stereocenters. The highest BCUT2D eigenvalue weighted by Crippen LogP contribution is 2.31. The first-order valence-electron chi connectivity index (χ1n) is 10.4. The topological polar surface area (TPSA) is 77.9 Å². The number of rotatable bonds is 7. The molecule has 28 heavy (non-hydrogen) atoms. The molecule has 2 unspecified atom stereocenters. The molecule has 7 heteroatoms. The lowest BCUT2D eigenvalue weighted by atomic mass is 10.1.